The van der Waals surface area contributed by atoms with Crippen molar-refractivity contribution in [2.24, 2.45) is 10.9 Å². The molecule has 1 saturated carbocycles. The molecule has 1 aliphatic rings. The number of aliphatic imine (C=N–C) groups is 1. The molecule has 0 bridgehead atoms. The summed E-state index contributed by atoms with van der Waals surface area (Å²) in [6.07, 6.45) is 7.22. The second-order valence-corrected chi connectivity index (χ2v) is 10.2. The highest BCUT2D eigenvalue weighted by atomic mass is 127. The number of rotatable bonds is 8. The third-order valence-electron chi connectivity index (χ3n) is 5.16. The van der Waals surface area contributed by atoms with Crippen molar-refractivity contribution in [3.05, 3.63) is 29.8 Å². The van der Waals surface area contributed by atoms with E-state index in [1.165, 1.54) is 12.7 Å². The largest absolute Gasteiger partial charge is 0.354 e. The van der Waals surface area contributed by atoms with Gasteiger partial charge in [-0.25, -0.2) is 8.42 Å². The predicted molar refractivity (Wildman–Crippen MR) is 134 cm³/mol. The lowest BCUT2D eigenvalue weighted by atomic mass is 9.88. The van der Waals surface area contributed by atoms with Crippen molar-refractivity contribution in [1.29, 1.82) is 0 Å². The maximum atomic E-state index is 12.4. The molecule has 9 heteroatoms. The minimum atomic E-state index is -2.97. The fourth-order valence-electron chi connectivity index (χ4n) is 3.44. The molecule has 0 heterocycles. The number of carbonyl (C=O) groups excluding carboxylic acids is 1. The Morgan fingerprint density at radius 2 is 1.93 bits per heavy atom. The van der Waals surface area contributed by atoms with Crippen molar-refractivity contribution in [2.75, 3.05) is 24.4 Å². The van der Waals surface area contributed by atoms with Crippen molar-refractivity contribution in [2.45, 2.75) is 58.0 Å². The topological polar surface area (TPSA) is 99.7 Å². The van der Waals surface area contributed by atoms with Crippen LogP contribution in [0, 0.1) is 5.92 Å². The predicted octanol–water partition coefficient (Wildman–Crippen LogP) is 3.31. The van der Waals surface area contributed by atoms with Crippen LogP contribution in [0.1, 0.15) is 51.0 Å². The summed E-state index contributed by atoms with van der Waals surface area (Å²) < 4.78 is 22.6. The van der Waals surface area contributed by atoms with Crippen LogP contribution in [0.3, 0.4) is 0 Å². The SMILES string of the molecule is CN=C(NCc1cccc(NC(=O)C2CCCCC2)c1)NC(C)CCS(C)(=O)=O.I. The molecule has 170 valence electrons. The second kappa shape index (κ2) is 13.1. The molecular weight excluding hydrogens is 515 g/mol. The zero-order chi connectivity index (χ0) is 21.3. The first-order valence-electron chi connectivity index (χ1n) is 10.3. The van der Waals surface area contributed by atoms with Crippen LogP contribution in [-0.4, -0.2) is 45.4 Å². The lowest BCUT2D eigenvalue weighted by Gasteiger charge is -2.21. The van der Waals surface area contributed by atoms with Crippen molar-refractivity contribution in [3.8, 4) is 0 Å². The molecule has 0 saturated heterocycles. The van der Waals surface area contributed by atoms with Crippen molar-refractivity contribution >= 4 is 51.4 Å². The quantitative estimate of drug-likeness (QED) is 0.262. The molecule has 0 aromatic heterocycles. The van der Waals surface area contributed by atoms with E-state index in [0.717, 1.165) is 36.9 Å². The first-order chi connectivity index (χ1) is 13.8. The number of sulfone groups is 1. The summed E-state index contributed by atoms with van der Waals surface area (Å²) in [5.74, 6) is 0.998. The highest BCUT2D eigenvalue weighted by Crippen LogP contribution is 2.25. The molecule has 2 rings (SSSR count). The molecule has 0 aliphatic heterocycles. The summed E-state index contributed by atoms with van der Waals surface area (Å²) in [7, 11) is -1.29. The number of nitrogens with zero attached hydrogens (tertiary/aromatic N) is 1. The van der Waals surface area contributed by atoms with Crippen LogP contribution in [0.15, 0.2) is 29.3 Å². The van der Waals surface area contributed by atoms with E-state index < -0.39 is 9.84 Å². The Kier molecular flexibility index (Phi) is 11.7. The van der Waals surface area contributed by atoms with Gasteiger partial charge in [-0.05, 0) is 43.9 Å². The van der Waals surface area contributed by atoms with Crippen LogP contribution in [0.25, 0.3) is 0 Å². The van der Waals surface area contributed by atoms with Crippen molar-refractivity contribution in [1.82, 2.24) is 10.6 Å². The standard InChI is InChI=1S/C21H34N4O3S.HI/c1-16(12-13-29(3,27)28)24-21(22-2)23-15-17-8-7-11-19(14-17)25-20(26)18-9-5-4-6-10-18;/h7-8,11,14,16,18H,4-6,9-10,12-13,15H2,1-3H3,(H,25,26)(H2,22,23,24);1H. The zero-order valence-corrected chi connectivity index (χ0v) is 21.3. The summed E-state index contributed by atoms with van der Waals surface area (Å²) in [5, 5.41) is 9.49. The van der Waals surface area contributed by atoms with Gasteiger partial charge in [-0.2, -0.15) is 0 Å². The van der Waals surface area contributed by atoms with Crippen LogP contribution in [0.2, 0.25) is 0 Å². The average Bonchev–Trinajstić information content (AvgIpc) is 2.70. The van der Waals surface area contributed by atoms with Gasteiger partial charge >= 0.3 is 0 Å². The van der Waals surface area contributed by atoms with E-state index in [2.05, 4.69) is 20.9 Å². The number of halogens is 1. The Morgan fingerprint density at radius 3 is 2.57 bits per heavy atom. The van der Waals surface area contributed by atoms with Crippen LogP contribution in [0.5, 0.6) is 0 Å². The van der Waals surface area contributed by atoms with Crippen LogP contribution >= 0.6 is 24.0 Å². The Bertz CT molecular complexity index is 808. The second-order valence-electron chi connectivity index (χ2n) is 7.91. The number of hydrogen-bond donors (Lipinski definition) is 3. The maximum Gasteiger partial charge on any atom is 0.227 e. The van der Waals surface area contributed by atoms with E-state index in [4.69, 9.17) is 0 Å². The third-order valence-corrected chi connectivity index (χ3v) is 6.14. The van der Waals surface area contributed by atoms with Crippen LogP contribution in [0.4, 0.5) is 5.69 Å². The van der Waals surface area contributed by atoms with Crippen LogP contribution in [-0.2, 0) is 21.2 Å². The summed E-state index contributed by atoms with van der Waals surface area (Å²) in [5.41, 5.74) is 1.84. The van der Waals surface area contributed by atoms with Crippen LogP contribution < -0.4 is 16.0 Å². The molecule has 1 atom stereocenters. The molecule has 7 nitrogen and oxygen atoms in total. The molecule has 30 heavy (non-hydrogen) atoms. The lowest BCUT2D eigenvalue weighted by molar-refractivity contribution is -0.120. The Hall–Kier alpha value is -1.36. The van der Waals surface area contributed by atoms with E-state index in [1.54, 1.807) is 7.05 Å². The molecule has 3 N–H and O–H groups in total. The van der Waals surface area contributed by atoms with Gasteiger partial charge in [0.2, 0.25) is 5.91 Å². The number of guanidine groups is 1. The average molecular weight is 551 g/mol. The number of carbonyl (C=O) groups is 1. The first-order valence-corrected chi connectivity index (χ1v) is 12.4. The maximum absolute atomic E-state index is 12.4. The summed E-state index contributed by atoms with van der Waals surface area (Å²) in [6.45, 7) is 2.48. The van der Waals surface area contributed by atoms with Gasteiger partial charge < -0.3 is 16.0 Å². The highest BCUT2D eigenvalue weighted by Gasteiger charge is 2.21. The van der Waals surface area contributed by atoms with Crippen molar-refractivity contribution in [3.63, 3.8) is 0 Å². The zero-order valence-electron chi connectivity index (χ0n) is 18.1. The molecule has 1 unspecified atom stereocenters. The first kappa shape index (κ1) is 26.7. The Balaban J connectivity index is 0.00000450. The summed E-state index contributed by atoms with van der Waals surface area (Å²) >= 11 is 0. The van der Waals surface area contributed by atoms with E-state index in [-0.39, 0.29) is 47.6 Å². The minimum Gasteiger partial charge on any atom is -0.354 e. The minimum absolute atomic E-state index is 0. The van der Waals surface area contributed by atoms with E-state index in [0.29, 0.717) is 18.9 Å². The summed E-state index contributed by atoms with van der Waals surface area (Å²) in [4.78, 5) is 16.6. The number of benzene rings is 1. The van der Waals surface area contributed by atoms with E-state index >= 15 is 0 Å². The molecule has 1 aliphatic carbocycles. The smallest absolute Gasteiger partial charge is 0.227 e. The number of hydrogen-bond acceptors (Lipinski definition) is 4. The van der Waals surface area contributed by atoms with Gasteiger partial charge in [-0.15, -0.1) is 24.0 Å². The fraction of sp³-hybridized carbons (Fsp3) is 0.619. The van der Waals surface area contributed by atoms with Gasteiger partial charge in [-0.3, -0.25) is 9.79 Å². The van der Waals surface area contributed by atoms with E-state index in [1.807, 2.05) is 31.2 Å². The number of anilines is 1. The molecule has 1 fully saturated rings. The van der Waals surface area contributed by atoms with Gasteiger partial charge in [0.25, 0.3) is 0 Å². The van der Waals surface area contributed by atoms with Gasteiger partial charge in [0.15, 0.2) is 5.96 Å². The van der Waals surface area contributed by atoms with Gasteiger partial charge in [0, 0.05) is 37.5 Å². The Morgan fingerprint density at radius 1 is 1.23 bits per heavy atom. The highest BCUT2D eigenvalue weighted by molar-refractivity contribution is 14.0. The van der Waals surface area contributed by atoms with Crippen molar-refractivity contribution < 1.29 is 13.2 Å². The molecular formula is C21H35IN4O3S. The molecule has 1 amide bonds. The van der Waals surface area contributed by atoms with E-state index in [9.17, 15) is 13.2 Å². The van der Waals surface area contributed by atoms with Gasteiger partial charge in [-0.1, -0.05) is 31.4 Å². The monoisotopic (exact) mass is 550 g/mol. The summed E-state index contributed by atoms with van der Waals surface area (Å²) in [6, 6.07) is 7.78. The molecule has 0 radical (unpaired) electrons. The number of nitrogens with one attached hydrogen (secondary N) is 3. The van der Waals surface area contributed by atoms with Gasteiger partial charge in [0.1, 0.15) is 9.84 Å². The Labute approximate surface area is 197 Å². The lowest BCUT2D eigenvalue weighted by Crippen LogP contribution is -2.42. The third kappa shape index (κ3) is 10.1. The molecule has 0 spiro atoms. The molecule has 1 aromatic carbocycles. The molecule has 1 aromatic rings. The number of amides is 1. The normalized spacial score (nSPS) is 16.3. The van der Waals surface area contributed by atoms with Gasteiger partial charge in [0.05, 0.1) is 5.75 Å². The fourth-order valence-corrected chi connectivity index (χ4v) is 4.23.